The van der Waals surface area contributed by atoms with Gasteiger partial charge in [0, 0.05) is 12.6 Å². The minimum Gasteiger partial charge on any atom is -0.358 e. The van der Waals surface area contributed by atoms with E-state index < -0.39 is 11.1 Å². The summed E-state index contributed by atoms with van der Waals surface area (Å²) in [6, 6.07) is 3.34. The van der Waals surface area contributed by atoms with Crippen LogP contribution in [0, 0.1) is 10.1 Å². The van der Waals surface area contributed by atoms with Crippen LogP contribution in [0.3, 0.4) is 0 Å². The number of fused-ring (bicyclic) bond motifs is 1. The Labute approximate surface area is 101 Å². The molecule has 2 aromatic rings. The molecule has 18 heavy (non-hydrogen) atoms. The van der Waals surface area contributed by atoms with Crippen molar-refractivity contribution in [3.8, 4) is 0 Å². The van der Waals surface area contributed by atoms with Crippen molar-refractivity contribution in [1.29, 1.82) is 0 Å². The molecule has 0 N–H and O–H groups in total. The highest BCUT2D eigenvalue weighted by molar-refractivity contribution is 5.49. The van der Waals surface area contributed by atoms with E-state index in [1.165, 1.54) is 4.52 Å². The number of halogens is 1. The number of alkyl halides is 1. The molecule has 1 fully saturated rings. The van der Waals surface area contributed by atoms with Crippen LogP contribution in [-0.2, 0) is 0 Å². The number of nitrogens with zero attached hydrogens (tertiary/aromatic N) is 5. The van der Waals surface area contributed by atoms with E-state index in [0.717, 1.165) is 6.20 Å². The minimum absolute atomic E-state index is 0.192. The monoisotopic (exact) mass is 251 g/mol. The van der Waals surface area contributed by atoms with E-state index in [0.29, 0.717) is 24.4 Å². The lowest BCUT2D eigenvalue weighted by Crippen LogP contribution is -2.22. The summed E-state index contributed by atoms with van der Waals surface area (Å²) in [5.74, 6) is 0.339. The van der Waals surface area contributed by atoms with E-state index in [2.05, 4.69) is 10.1 Å². The molecule has 3 rings (SSSR count). The largest absolute Gasteiger partial charge is 0.368 e. The number of rotatable bonds is 2. The quantitative estimate of drug-likeness (QED) is 0.591. The van der Waals surface area contributed by atoms with E-state index in [1.807, 2.05) is 0 Å². The van der Waals surface area contributed by atoms with Crippen molar-refractivity contribution in [2.45, 2.75) is 12.6 Å². The lowest BCUT2D eigenvalue weighted by molar-refractivity contribution is -0.391. The zero-order chi connectivity index (χ0) is 12.7. The topological polar surface area (TPSA) is 76.6 Å². The molecule has 8 heteroatoms. The van der Waals surface area contributed by atoms with Gasteiger partial charge in [-0.05, 0) is 17.4 Å². The summed E-state index contributed by atoms with van der Waals surface area (Å²) in [4.78, 5) is 15.9. The molecule has 0 bridgehead atoms. The van der Waals surface area contributed by atoms with Crippen LogP contribution in [-0.4, -0.2) is 38.8 Å². The molecule has 1 unspecified atom stereocenters. The van der Waals surface area contributed by atoms with Crippen LogP contribution >= 0.6 is 0 Å². The lowest BCUT2D eigenvalue weighted by Gasteiger charge is -2.14. The van der Waals surface area contributed by atoms with E-state index in [4.69, 9.17) is 0 Å². The Morgan fingerprint density at radius 2 is 2.33 bits per heavy atom. The summed E-state index contributed by atoms with van der Waals surface area (Å²) in [6.45, 7) is 0.850. The smallest absolute Gasteiger partial charge is 0.358 e. The van der Waals surface area contributed by atoms with Gasteiger partial charge in [-0.15, -0.1) is 0 Å². The average molecular weight is 251 g/mol. The van der Waals surface area contributed by atoms with Crippen molar-refractivity contribution in [1.82, 2.24) is 14.6 Å². The summed E-state index contributed by atoms with van der Waals surface area (Å²) in [6.07, 6.45) is 0.764. The molecule has 1 saturated heterocycles. The molecule has 3 heterocycles. The first-order valence-corrected chi connectivity index (χ1v) is 5.53. The molecule has 0 radical (unpaired) electrons. The predicted octanol–water partition coefficient (Wildman–Crippen LogP) is 1.19. The van der Waals surface area contributed by atoms with Gasteiger partial charge in [-0.25, -0.2) is 9.37 Å². The zero-order valence-electron chi connectivity index (χ0n) is 9.36. The minimum atomic E-state index is -0.861. The molecule has 0 aliphatic carbocycles. The zero-order valence-corrected chi connectivity index (χ0v) is 9.36. The maximum Gasteiger partial charge on any atom is 0.368 e. The van der Waals surface area contributed by atoms with Crippen LogP contribution in [0.15, 0.2) is 18.3 Å². The highest BCUT2D eigenvalue weighted by Crippen LogP contribution is 2.21. The van der Waals surface area contributed by atoms with Crippen molar-refractivity contribution in [3.63, 3.8) is 0 Å². The molecule has 1 atom stereocenters. The van der Waals surface area contributed by atoms with Gasteiger partial charge in [0.2, 0.25) is 5.65 Å². The summed E-state index contributed by atoms with van der Waals surface area (Å²) >= 11 is 0. The Morgan fingerprint density at radius 3 is 3.00 bits per heavy atom. The van der Waals surface area contributed by atoms with Gasteiger partial charge in [0.05, 0.1) is 6.54 Å². The second-order valence-electron chi connectivity index (χ2n) is 4.17. The molecule has 0 aromatic carbocycles. The number of anilines is 1. The Hall–Kier alpha value is -2.25. The molecule has 94 valence electrons. The van der Waals surface area contributed by atoms with Crippen molar-refractivity contribution in [2.24, 2.45) is 0 Å². The highest BCUT2D eigenvalue weighted by atomic mass is 19.1. The average Bonchev–Trinajstić information content (AvgIpc) is 2.93. The number of nitro groups is 1. The van der Waals surface area contributed by atoms with Crippen LogP contribution in [0.25, 0.3) is 5.65 Å². The van der Waals surface area contributed by atoms with Gasteiger partial charge in [-0.2, -0.15) is 0 Å². The summed E-state index contributed by atoms with van der Waals surface area (Å²) < 4.78 is 14.3. The molecule has 0 amide bonds. The second kappa shape index (κ2) is 3.90. The van der Waals surface area contributed by atoms with Gasteiger partial charge in [0.15, 0.2) is 5.82 Å². The fraction of sp³-hybridized carbons (Fsp3) is 0.400. The van der Waals surface area contributed by atoms with Crippen LogP contribution in [0.1, 0.15) is 6.42 Å². The molecular formula is C10H10FN5O2. The lowest BCUT2D eigenvalue weighted by atomic mass is 10.3. The fourth-order valence-corrected chi connectivity index (χ4v) is 2.07. The number of hydrogen-bond acceptors (Lipinski definition) is 5. The Bertz CT molecular complexity index is 613. The number of hydrogen-bond donors (Lipinski definition) is 0. The van der Waals surface area contributed by atoms with Crippen LogP contribution in [0.4, 0.5) is 16.0 Å². The van der Waals surface area contributed by atoms with Crippen LogP contribution in [0.2, 0.25) is 0 Å². The fourth-order valence-electron chi connectivity index (χ4n) is 2.07. The third-order valence-electron chi connectivity index (χ3n) is 2.97. The third kappa shape index (κ3) is 1.66. The van der Waals surface area contributed by atoms with Crippen molar-refractivity contribution < 1.29 is 9.31 Å². The van der Waals surface area contributed by atoms with Crippen molar-refractivity contribution in [2.75, 3.05) is 18.0 Å². The SMILES string of the molecule is O=[N+]([O-])c1cnc2ccc(N3CCC(F)C3)nn12. The summed E-state index contributed by atoms with van der Waals surface area (Å²) in [5.41, 5.74) is 0.404. The first kappa shape index (κ1) is 10.9. The maximum atomic E-state index is 13.1. The molecular weight excluding hydrogens is 241 g/mol. The predicted molar refractivity (Wildman–Crippen MR) is 61.4 cm³/mol. The van der Waals surface area contributed by atoms with E-state index in [9.17, 15) is 14.5 Å². The van der Waals surface area contributed by atoms with E-state index >= 15 is 0 Å². The Balaban J connectivity index is 2.04. The summed E-state index contributed by atoms with van der Waals surface area (Å²) in [5, 5.41) is 14.9. The molecule has 7 nitrogen and oxygen atoms in total. The van der Waals surface area contributed by atoms with Crippen molar-refractivity contribution in [3.05, 3.63) is 28.4 Å². The van der Waals surface area contributed by atoms with Gasteiger partial charge >= 0.3 is 5.82 Å². The van der Waals surface area contributed by atoms with Crippen LogP contribution < -0.4 is 4.90 Å². The maximum absolute atomic E-state index is 13.1. The standard InChI is InChI=1S/C10H10FN5O2/c11-7-3-4-14(6-7)9-2-1-8-12-5-10(16(17)18)15(8)13-9/h1-2,5,7H,3-4,6H2. The molecule has 1 aliphatic heterocycles. The first-order valence-electron chi connectivity index (χ1n) is 5.53. The van der Waals surface area contributed by atoms with Crippen molar-refractivity contribution >= 4 is 17.3 Å². The van der Waals surface area contributed by atoms with Gasteiger partial charge in [-0.1, -0.05) is 9.61 Å². The molecule has 2 aromatic heterocycles. The summed E-state index contributed by atoms with van der Waals surface area (Å²) in [7, 11) is 0. The third-order valence-corrected chi connectivity index (χ3v) is 2.97. The highest BCUT2D eigenvalue weighted by Gasteiger charge is 2.25. The number of imidazole rings is 1. The number of aromatic nitrogens is 3. The molecule has 1 aliphatic rings. The Kier molecular flexibility index (Phi) is 2.35. The normalized spacial score (nSPS) is 19.6. The van der Waals surface area contributed by atoms with Gasteiger partial charge < -0.3 is 15.0 Å². The molecule has 0 saturated carbocycles. The van der Waals surface area contributed by atoms with Gasteiger partial charge in [-0.3, -0.25) is 0 Å². The molecule has 0 spiro atoms. The van der Waals surface area contributed by atoms with Gasteiger partial charge in [0.1, 0.15) is 12.4 Å². The van der Waals surface area contributed by atoms with E-state index in [1.54, 1.807) is 17.0 Å². The van der Waals surface area contributed by atoms with Gasteiger partial charge in [0.25, 0.3) is 0 Å². The van der Waals surface area contributed by atoms with E-state index in [-0.39, 0.29) is 12.4 Å². The van der Waals surface area contributed by atoms with Crippen LogP contribution in [0.5, 0.6) is 0 Å². The second-order valence-corrected chi connectivity index (χ2v) is 4.17. The Morgan fingerprint density at radius 1 is 1.50 bits per heavy atom. The first-order chi connectivity index (χ1) is 8.65.